The van der Waals surface area contributed by atoms with Crippen LogP contribution in [0.15, 0.2) is 29.3 Å². The molecule has 1 unspecified atom stereocenters. The topological polar surface area (TPSA) is 49.3 Å². The molecule has 6 nitrogen and oxygen atoms in total. The van der Waals surface area contributed by atoms with E-state index in [-0.39, 0.29) is 30.0 Å². The molecule has 0 aliphatic carbocycles. The van der Waals surface area contributed by atoms with Crippen molar-refractivity contribution in [1.82, 2.24) is 15.1 Å². The molecule has 1 fully saturated rings. The number of likely N-dealkylation sites (tertiary alicyclic amines) is 1. The lowest BCUT2D eigenvalue weighted by atomic mass is 10.1. The molecule has 0 bridgehead atoms. The third-order valence-corrected chi connectivity index (χ3v) is 5.38. The highest BCUT2D eigenvalue weighted by Crippen LogP contribution is 2.20. The Labute approximate surface area is 198 Å². The number of aliphatic imine (C=N–C) groups is 1. The molecule has 29 heavy (non-hydrogen) atoms. The fourth-order valence-electron chi connectivity index (χ4n) is 3.49. The van der Waals surface area contributed by atoms with Gasteiger partial charge in [-0.25, -0.2) is 0 Å². The molecule has 2 rings (SSSR count). The summed E-state index contributed by atoms with van der Waals surface area (Å²) < 4.78 is 11.0. The summed E-state index contributed by atoms with van der Waals surface area (Å²) in [5.41, 5.74) is 1.24. The number of hydrogen-bond acceptors (Lipinski definition) is 4. The van der Waals surface area contributed by atoms with E-state index >= 15 is 0 Å². The third kappa shape index (κ3) is 8.96. The van der Waals surface area contributed by atoms with Crippen LogP contribution in [0.3, 0.4) is 0 Å². The first-order valence-corrected chi connectivity index (χ1v) is 10.4. The normalized spacial score (nSPS) is 16.6. The fraction of sp³-hybridized carbons (Fsp3) is 0.667. The minimum atomic E-state index is 0. The predicted octanol–water partition coefficient (Wildman–Crippen LogP) is 3.65. The van der Waals surface area contributed by atoms with Gasteiger partial charge in [0.2, 0.25) is 0 Å². The van der Waals surface area contributed by atoms with E-state index in [0.29, 0.717) is 6.10 Å². The van der Waals surface area contributed by atoms with Crippen LogP contribution in [0.25, 0.3) is 0 Å². The van der Waals surface area contributed by atoms with Crippen LogP contribution < -0.4 is 5.32 Å². The molecular weight excluding hydrogens is 503 g/mol. The molecule has 1 aromatic rings. The van der Waals surface area contributed by atoms with Crippen molar-refractivity contribution >= 4 is 41.5 Å². The van der Waals surface area contributed by atoms with Crippen LogP contribution in [0.2, 0.25) is 5.02 Å². The molecule has 1 aromatic carbocycles. The van der Waals surface area contributed by atoms with Crippen molar-refractivity contribution in [3.63, 3.8) is 0 Å². The number of guanidine groups is 1. The van der Waals surface area contributed by atoms with Gasteiger partial charge in [-0.2, -0.15) is 0 Å². The van der Waals surface area contributed by atoms with Crippen LogP contribution in [0.1, 0.15) is 30.9 Å². The fourth-order valence-corrected chi connectivity index (χ4v) is 3.62. The van der Waals surface area contributed by atoms with Crippen molar-refractivity contribution in [2.45, 2.75) is 31.4 Å². The molecule has 1 heterocycles. The molecule has 1 aliphatic heterocycles. The Hall–Kier alpha value is -0.610. The van der Waals surface area contributed by atoms with E-state index in [1.165, 1.54) is 5.56 Å². The van der Waals surface area contributed by atoms with Gasteiger partial charge in [0.25, 0.3) is 0 Å². The lowest BCUT2D eigenvalue weighted by Crippen LogP contribution is -2.48. The van der Waals surface area contributed by atoms with Crippen LogP contribution in [-0.4, -0.2) is 83.0 Å². The first-order chi connectivity index (χ1) is 13.5. The Morgan fingerprint density at radius 1 is 1.24 bits per heavy atom. The number of halogens is 2. The van der Waals surface area contributed by atoms with Crippen molar-refractivity contribution in [2.75, 3.05) is 61.1 Å². The largest absolute Gasteiger partial charge is 0.385 e. The summed E-state index contributed by atoms with van der Waals surface area (Å²) in [6.45, 7) is 4.24. The highest BCUT2D eigenvalue weighted by atomic mass is 127. The second-order valence-corrected chi connectivity index (χ2v) is 7.80. The van der Waals surface area contributed by atoms with E-state index in [0.717, 1.165) is 63.1 Å². The summed E-state index contributed by atoms with van der Waals surface area (Å²) in [4.78, 5) is 9.03. The van der Waals surface area contributed by atoms with Crippen LogP contribution >= 0.6 is 35.6 Å². The zero-order chi connectivity index (χ0) is 20.4. The summed E-state index contributed by atoms with van der Waals surface area (Å²) in [5, 5.41) is 4.31. The molecule has 0 saturated carbocycles. The molecule has 0 amide bonds. The van der Waals surface area contributed by atoms with Crippen molar-refractivity contribution in [3.05, 3.63) is 34.9 Å². The minimum Gasteiger partial charge on any atom is -0.385 e. The van der Waals surface area contributed by atoms with Crippen LogP contribution in [0.4, 0.5) is 0 Å². The van der Waals surface area contributed by atoms with Crippen molar-refractivity contribution in [3.8, 4) is 0 Å². The van der Waals surface area contributed by atoms with Gasteiger partial charge in [0, 0.05) is 52.0 Å². The first kappa shape index (κ1) is 26.4. The van der Waals surface area contributed by atoms with Crippen LogP contribution in [0, 0.1) is 0 Å². The van der Waals surface area contributed by atoms with Gasteiger partial charge < -0.3 is 24.6 Å². The van der Waals surface area contributed by atoms with Crippen molar-refractivity contribution < 1.29 is 9.47 Å². The Kier molecular flexibility index (Phi) is 13.1. The zero-order valence-corrected chi connectivity index (χ0v) is 21.2. The number of piperidine rings is 1. The summed E-state index contributed by atoms with van der Waals surface area (Å²) in [6, 6.07) is 8.31. The highest BCUT2D eigenvalue weighted by molar-refractivity contribution is 14.0. The van der Waals surface area contributed by atoms with E-state index in [9.17, 15) is 0 Å². The quantitative estimate of drug-likeness (QED) is 0.225. The lowest BCUT2D eigenvalue weighted by Gasteiger charge is -2.35. The molecule has 0 radical (unpaired) electrons. The van der Waals surface area contributed by atoms with E-state index < -0.39 is 0 Å². The van der Waals surface area contributed by atoms with E-state index in [2.05, 4.69) is 46.3 Å². The summed E-state index contributed by atoms with van der Waals surface area (Å²) in [5.74, 6) is 0.957. The number of ether oxygens (including phenoxy) is 2. The molecule has 0 spiro atoms. The van der Waals surface area contributed by atoms with Gasteiger partial charge in [-0.1, -0.05) is 23.7 Å². The molecule has 1 atom stereocenters. The predicted molar refractivity (Wildman–Crippen MR) is 132 cm³/mol. The van der Waals surface area contributed by atoms with Gasteiger partial charge in [0.15, 0.2) is 5.96 Å². The average molecular weight is 539 g/mol. The van der Waals surface area contributed by atoms with Crippen LogP contribution in [0.5, 0.6) is 0 Å². The zero-order valence-electron chi connectivity index (χ0n) is 18.1. The Morgan fingerprint density at radius 3 is 2.45 bits per heavy atom. The van der Waals surface area contributed by atoms with Gasteiger partial charge >= 0.3 is 0 Å². The highest BCUT2D eigenvalue weighted by Gasteiger charge is 2.23. The first-order valence-electron chi connectivity index (χ1n) is 10.0. The molecule has 8 heteroatoms. The van der Waals surface area contributed by atoms with E-state index in [1.54, 1.807) is 7.11 Å². The molecule has 0 aromatic heterocycles. The van der Waals surface area contributed by atoms with E-state index in [4.69, 9.17) is 21.1 Å². The number of likely N-dealkylation sites (N-methyl/N-ethyl adjacent to an activating group) is 1. The monoisotopic (exact) mass is 538 g/mol. The molecule has 1 saturated heterocycles. The van der Waals surface area contributed by atoms with E-state index in [1.807, 2.05) is 19.2 Å². The maximum Gasteiger partial charge on any atom is 0.193 e. The summed E-state index contributed by atoms with van der Waals surface area (Å²) in [7, 11) is 7.76. The second-order valence-electron chi connectivity index (χ2n) is 7.36. The second kappa shape index (κ2) is 14.4. The Bertz CT molecular complexity index is 593. The number of benzene rings is 1. The standard InChI is InChI=1S/C21H35ClN4O2.HI/c1-23-21(26-12-10-19(11-13-26)28-15-5-14-27-4)24-16-20(25(2)3)17-6-8-18(22)9-7-17;/h6-9,19-20H,5,10-16H2,1-4H3,(H,23,24);1H. The number of methoxy groups -OCH3 is 1. The number of rotatable bonds is 9. The Balaban J connectivity index is 0.00000420. The van der Waals surface area contributed by atoms with Gasteiger partial charge in [-0.15, -0.1) is 24.0 Å². The maximum absolute atomic E-state index is 6.04. The maximum atomic E-state index is 6.04. The summed E-state index contributed by atoms with van der Waals surface area (Å²) >= 11 is 6.04. The Morgan fingerprint density at radius 2 is 1.90 bits per heavy atom. The van der Waals surface area contributed by atoms with Gasteiger partial charge in [0.05, 0.1) is 12.1 Å². The number of nitrogens with one attached hydrogen (secondary N) is 1. The molecule has 166 valence electrons. The van der Waals surface area contributed by atoms with Gasteiger partial charge in [-0.3, -0.25) is 4.99 Å². The molecular formula is C21H36ClIN4O2. The van der Waals surface area contributed by atoms with Crippen LogP contribution in [-0.2, 0) is 9.47 Å². The molecule has 1 aliphatic rings. The van der Waals surface area contributed by atoms with Crippen molar-refractivity contribution in [2.24, 2.45) is 4.99 Å². The van der Waals surface area contributed by atoms with Crippen molar-refractivity contribution in [1.29, 1.82) is 0 Å². The third-order valence-electron chi connectivity index (χ3n) is 5.13. The number of hydrogen-bond donors (Lipinski definition) is 1. The van der Waals surface area contributed by atoms with Gasteiger partial charge in [-0.05, 0) is 51.1 Å². The molecule has 1 N–H and O–H groups in total. The SMILES string of the molecule is CN=C(NCC(c1ccc(Cl)cc1)N(C)C)N1CCC(OCCCOC)CC1.I. The smallest absolute Gasteiger partial charge is 0.193 e. The average Bonchev–Trinajstić information content (AvgIpc) is 2.70. The minimum absolute atomic E-state index is 0. The summed E-state index contributed by atoms with van der Waals surface area (Å²) in [6.07, 6.45) is 3.36. The number of nitrogens with zero attached hydrogens (tertiary/aromatic N) is 3. The lowest BCUT2D eigenvalue weighted by molar-refractivity contribution is 0.00987. The van der Waals surface area contributed by atoms with Gasteiger partial charge in [0.1, 0.15) is 0 Å².